The number of nitrogens with one attached hydrogen (secondary N) is 1. The van der Waals surface area contributed by atoms with E-state index in [4.69, 9.17) is 4.74 Å². The molecule has 0 radical (unpaired) electrons. The highest BCUT2D eigenvalue weighted by Gasteiger charge is 2.19. The topological polar surface area (TPSA) is 73.8 Å². The molecule has 1 aromatic carbocycles. The van der Waals surface area contributed by atoms with E-state index < -0.39 is 0 Å². The zero-order valence-electron chi connectivity index (χ0n) is 15.3. The van der Waals surface area contributed by atoms with Crippen LogP contribution in [-0.4, -0.2) is 73.8 Å². The molecule has 0 spiro atoms. The van der Waals surface area contributed by atoms with Gasteiger partial charge in [-0.2, -0.15) is 4.98 Å². The number of morpholine rings is 1. The molecule has 2 aromatic rings. The Bertz CT molecular complexity index is 772. The highest BCUT2D eigenvalue weighted by atomic mass is 16.5. The van der Waals surface area contributed by atoms with Crippen LogP contribution in [0.1, 0.15) is 0 Å². The highest BCUT2D eigenvalue weighted by Crippen LogP contribution is 2.29. The van der Waals surface area contributed by atoms with Crippen molar-refractivity contribution in [2.75, 3.05) is 67.6 Å². The molecule has 1 amide bonds. The van der Waals surface area contributed by atoms with Gasteiger partial charge in [0.25, 0.3) is 0 Å². The number of benzene rings is 1. The number of anilines is 4. The second-order valence-electron chi connectivity index (χ2n) is 6.61. The third-order valence-electron chi connectivity index (χ3n) is 4.91. The van der Waals surface area contributed by atoms with Crippen molar-refractivity contribution in [3.05, 3.63) is 36.5 Å². The third kappa shape index (κ3) is 4.11. The number of piperazine rings is 1. The van der Waals surface area contributed by atoms with Crippen LogP contribution in [-0.2, 0) is 9.53 Å². The number of carbonyl (C=O) groups is 1. The summed E-state index contributed by atoms with van der Waals surface area (Å²) in [6.07, 6.45) is 2.67. The number of nitrogens with zero attached hydrogens (tertiary/aromatic N) is 5. The molecule has 2 saturated heterocycles. The zero-order chi connectivity index (χ0) is 18.5. The van der Waals surface area contributed by atoms with Crippen molar-refractivity contribution in [3.63, 3.8) is 0 Å². The first-order valence-corrected chi connectivity index (χ1v) is 9.29. The molecular formula is C19H24N6O2. The molecule has 0 unspecified atom stereocenters. The van der Waals surface area contributed by atoms with E-state index in [1.807, 2.05) is 18.2 Å². The monoisotopic (exact) mass is 368 g/mol. The fourth-order valence-corrected chi connectivity index (χ4v) is 3.40. The zero-order valence-corrected chi connectivity index (χ0v) is 15.3. The molecule has 27 heavy (non-hydrogen) atoms. The van der Waals surface area contributed by atoms with Crippen molar-refractivity contribution in [1.29, 1.82) is 0 Å². The minimum Gasteiger partial charge on any atom is -0.378 e. The Hall–Kier alpha value is -2.87. The van der Waals surface area contributed by atoms with Crippen LogP contribution in [0.2, 0.25) is 0 Å². The van der Waals surface area contributed by atoms with Gasteiger partial charge in [0.1, 0.15) is 5.82 Å². The highest BCUT2D eigenvalue weighted by molar-refractivity contribution is 5.74. The average molecular weight is 368 g/mol. The smallest absolute Gasteiger partial charge is 0.227 e. The van der Waals surface area contributed by atoms with Crippen LogP contribution in [0.25, 0.3) is 0 Å². The molecule has 8 nitrogen and oxygen atoms in total. The van der Waals surface area contributed by atoms with Crippen LogP contribution in [0.3, 0.4) is 0 Å². The first-order chi connectivity index (χ1) is 13.3. The SMILES string of the molecule is O=CN1CCN(c2nccc(Nc3ccccc3N3CCOCC3)n2)CC1. The van der Waals surface area contributed by atoms with Crippen LogP contribution in [0.5, 0.6) is 0 Å². The van der Waals surface area contributed by atoms with Gasteiger partial charge >= 0.3 is 0 Å². The van der Waals surface area contributed by atoms with E-state index in [1.165, 1.54) is 0 Å². The van der Waals surface area contributed by atoms with Crippen LogP contribution < -0.4 is 15.1 Å². The number of carbonyl (C=O) groups excluding carboxylic acids is 1. The Labute approximate surface area is 158 Å². The molecule has 0 atom stereocenters. The standard InChI is InChI=1S/C19H24N6O2/c26-15-23-7-9-25(10-8-23)19-20-6-5-18(22-19)21-16-3-1-2-4-17(16)24-11-13-27-14-12-24/h1-6,15H,7-14H2,(H,20,21,22). The fraction of sp³-hybridized carbons (Fsp3) is 0.421. The molecule has 2 aliphatic heterocycles. The third-order valence-corrected chi connectivity index (χ3v) is 4.91. The first kappa shape index (κ1) is 17.5. The Kier molecular flexibility index (Phi) is 5.34. The van der Waals surface area contributed by atoms with Crippen molar-refractivity contribution >= 4 is 29.6 Å². The molecule has 0 saturated carbocycles. The number of hydrogen-bond donors (Lipinski definition) is 1. The van der Waals surface area contributed by atoms with Crippen molar-refractivity contribution in [1.82, 2.24) is 14.9 Å². The van der Waals surface area contributed by atoms with E-state index in [0.29, 0.717) is 19.0 Å². The van der Waals surface area contributed by atoms with E-state index in [9.17, 15) is 4.79 Å². The normalized spacial score (nSPS) is 17.7. The number of para-hydroxylation sites is 2. The van der Waals surface area contributed by atoms with Gasteiger partial charge < -0.3 is 24.8 Å². The van der Waals surface area contributed by atoms with E-state index in [1.54, 1.807) is 11.1 Å². The summed E-state index contributed by atoms with van der Waals surface area (Å²) in [7, 11) is 0. The van der Waals surface area contributed by atoms with Gasteiger partial charge in [-0.15, -0.1) is 0 Å². The van der Waals surface area contributed by atoms with Crippen molar-refractivity contribution in [2.24, 2.45) is 0 Å². The Morgan fingerprint density at radius 1 is 0.963 bits per heavy atom. The molecule has 3 heterocycles. The summed E-state index contributed by atoms with van der Waals surface area (Å²) >= 11 is 0. The van der Waals surface area contributed by atoms with E-state index in [0.717, 1.165) is 63.0 Å². The summed E-state index contributed by atoms with van der Waals surface area (Å²) < 4.78 is 5.46. The Balaban J connectivity index is 1.50. The average Bonchev–Trinajstić information content (AvgIpc) is 2.75. The summed E-state index contributed by atoms with van der Waals surface area (Å²) in [5, 5.41) is 3.44. The maximum atomic E-state index is 10.9. The van der Waals surface area contributed by atoms with Crippen LogP contribution >= 0.6 is 0 Å². The molecule has 8 heteroatoms. The van der Waals surface area contributed by atoms with Gasteiger partial charge in [0.2, 0.25) is 12.4 Å². The van der Waals surface area contributed by atoms with Gasteiger partial charge in [-0.3, -0.25) is 4.79 Å². The number of aromatic nitrogens is 2. The van der Waals surface area contributed by atoms with Gasteiger partial charge in [0.05, 0.1) is 24.6 Å². The van der Waals surface area contributed by atoms with Crippen LogP contribution in [0.4, 0.5) is 23.1 Å². The molecule has 2 aliphatic rings. The lowest BCUT2D eigenvalue weighted by atomic mass is 10.2. The first-order valence-electron chi connectivity index (χ1n) is 9.29. The minimum absolute atomic E-state index is 0.689. The lowest BCUT2D eigenvalue weighted by Crippen LogP contribution is -2.46. The molecule has 4 rings (SSSR count). The molecule has 2 fully saturated rings. The second kappa shape index (κ2) is 8.22. The van der Waals surface area contributed by atoms with Crippen LogP contribution in [0.15, 0.2) is 36.5 Å². The van der Waals surface area contributed by atoms with E-state index in [-0.39, 0.29) is 0 Å². The summed E-state index contributed by atoms with van der Waals surface area (Å²) in [6, 6.07) is 10.1. The molecule has 1 aromatic heterocycles. The lowest BCUT2D eigenvalue weighted by molar-refractivity contribution is -0.118. The maximum Gasteiger partial charge on any atom is 0.227 e. The van der Waals surface area contributed by atoms with Gasteiger partial charge in [-0.05, 0) is 18.2 Å². The van der Waals surface area contributed by atoms with Gasteiger partial charge in [-0.25, -0.2) is 4.98 Å². The van der Waals surface area contributed by atoms with Gasteiger partial charge in [0, 0.05) is 45.5 Å². The summed E-state index contributed by atoms with van der Waals surface area (Å²) in [5.74, 6) is 1.45. The van der Waals surface area contributed by atoms with E-state index >= 15 is 0 Å². The van der Waals surface area contributed by atoms with Crippen molar-refractivity contribution in [2.45, 2.75) is 0 Å². The minimum atomic E-state index is 0.689. The Morgan fingerprint density at radius 3 is 2.52 bits per heavy atom. The fourth-order valence-electron chi connectivity index (χ4n) is 3.40. The number of ether oxygens (including phenoxy) is 1. The summed E-state index contributed by atoms with van der Waals surface area (Å²) in [4.78, 5) is 26.2. The number of amides is 1. The molecule has 0 aliphatic carbocycles. The predicted octanol–water partition coefficient (Wildman–Crippen LogP) is 1.34. The maximum absolute atomic E-state index is 10.9. The number of rotatable bonds is 5. The second-order valence-corrected chi connectivity index (χ2v) is 6.61. The van der Waals surface area contributed by atoms with E-state index in [2.05, 4.69) is 37.2 Å². The van der Waals surface area contributed by atoms with Crippen molar-refractivity contribution in [3.8, 4) is 0 Å². The molecule has 1 N–H and O–H groups in total. The van der Waals surface area contributed by atoms with Crippen molar-refractivity contribution < 1.29 is 9.53 Å². The quantitative estimate of drug-likeness (QED) is 0.798. The summed E-state index contributed by atoms with van der Waals surface area (Å²) in [5.41, 5.74) is 2.18. The molecule has 0 bridgehead atoms. The number of hydrogen-bond acceptors (Lipinski definition) is 7. The summed E-state index contributed by atoms with van der Waals surface area (Å²) in [6.45, 7) is 6.15. The Morgan fingerprint density at radius 2 is 1.74 bits per heavy atom. The lowest BCUT2D eigenvalue weighted by Gasteiger charge is -2.32. The largest absolute Gasteiger partial charge is 0.378 e. The molecule has 142 valence electrons. The van der Waals surface area contributed by atoms with Crippen LogP contribution in [0, 0.1) is 0 Å². The van der Waals surface area contributed by atoms with Gasteiger partial charge in [-0.1, -0.05) is 12.1 Å². The predicted molar refractivity (Wildman–Crippen MR) is 105 cm³/mol. The molecular weight excluding hydrogens is 344 g/mol. The van der Waals surface area contributed by atoms with Gasteiger partial charge in [0.15, 0.2) is 0 Å².